The summed E-state index contributed by atoms with van der Waals surface area (Å²) < 4.78 is 4.86. The van der Waals surface area contributed by atoms with E-state index in [2.05, 4.69) is 18.8 Å². The number of aromatic nitrogens is 1. The van der Waals surface area contributed by atoms with Gasteiger partial charge in [-0.15, -0.1) is 0 Å². The monoisotopic (exact) mass is 225 g/mol. The maximum absolute atomic E-state index is 10.6. The molecule has 0 aliphatic carbocycles. The summed E-state index contributed by atoms with van der Waals surface area (Å²) in [7, 11) is 0. The molecule has 16 heavy (non-hydrogen) atoms. The van der Waals surface area contributed by atoms with Crippen molar-refractivity contribution in [1.29, 1.82) is 0 Å². The number of carboxylic acid groups (broad SMARTS) is 1. The summed E-state index contributed by atoms with van der Waals surface area (Å²) in [6.07, 6.45) is 7.35. The molecule has 1 heterocycles. The second kappa shape index (κ2) is 6.30. The zero-order valence-electron chi connectivity index (χ0n) is 9.90. The third-order valence-corrected chi connectivity index (χ3v) is 2.70. The number of carboxylic acids is 1. The molecule has 0 aliphatic rings. The third kappa shape index (κ3) is 3.68. The summed E-state index contributed by atoms with van der Waals surface area (Å²) >= 11 is 0. The first-order valence-corrected chi connectivity index (χ1v) is 5.83. The van der Waals surface area contributed by atoms with Gasteiger partial charge in [0.1, 0.15) is 6.26 Å². The minimum absolute atomic E-state index is 0.213. The van der Waals surface area contributed by atoms with Gasteiger partial charge in [-0.3, -0.25) is 0 Å². The van der Waals surface area contributed by atoms with Gasteiger partial charge in [-0.1, -0.05) is 39.5 Å². The van der Waals surface area contributed by atoms with Crippen molar-refractivity contribution >= 4 is 5.97 Å². The smallest absolute Gasteiger partial charge is 0.392 e. The molecule has 0 fully saturated rings. The molecule has 1 aromatic heterocycles. The molecule has 1 unspecified atom stereocenters. The average Bonchev–Trinajstić information content (AvgIpc) is 2.73. The van der Waals surface area contributed by atoms with E-state index in [1.807, 2.05) is 0 Å². The Balaban J connectivity index is 2.40. The molecule has 0 saturated carbocycles. The first-order chi connectivity index (χ1) is 7.65. The lowest BCUT2D eigenvalue weighted by Crippen LogP contribution is -1.99. The number of unbranched alkanes of at least 4 members (excludes halogenated alkanes) is 3. The van der Waals surface area contributed by atoms with E-state index in [0.29, 0.717) is 0 Å². The van der Waals surface area contributed by atoms with Crippen molar-refractivity contribution in [1.82, 2.24) is 4.98 Å². The van der Waals surface area contributed by atoms with Crippen LogP contribution in [0.2, 0.25) is 0 Å². The van der Waals surface area contributed by atoms with Gasteiger partial charge in [-0.25, -0.2) is 9.78 Å². The molecule has 0 aliphatic heterocycles. The summed E-state index contributed by atoms with van der Waals surface area (Å²) in [5.41, 5.74) is 0.744. The molecule has 4 heteroatoms. The van der Waals surface area contributed by atoms with E-state index in [-0.39, 0.29) is 11.8 Å². The predicted octanol–water partition coefficient (Wildman–Crippen LogP) is 3.45. The summed E-state index contributed by atoms with van der Waals surface area (Å²) in [5.74, 6) is -1.05. The average molecular weight is 225 g/mol. The Morgan fingerprint density at radius 1 is 1.50 bits per heavy atom. The molecule has 1 N–H and O–H groups in total. The van der Waals surface area contributed by atoms with Crippen LogP contribution < -0.4 is 0 Å². The lowest BCUT2D eigenvalue weighted by molar-refractivity contribution is 0.0653. The molecule has 0 amide bonds. The molecular formula is C12H19NO3. The van der Waals surface area contributed by atoms with E-state index in [1.165, 1.54) is 25.5 Å². The van der Waals surface area contributed by atoms with Crippen molar-refractivity contribution in [2.24, 2.45) is 0 Å². The van der Waals surface area contributed by atoms with Crippen molar-refractivity contribution in [2.45, 2.75) is 51.9 Å². The lowest BCUT2D eigenvalue weighted by atomic mass is 10.0. The molecule has 0 aromatic carbocycles. The summed E-state index contributed by atoms with van der Waals surface area (Å²) in [4.78, 5) is 14.5. The van der Waals surface area contributed by atoms with Gasteiger partial charge in [-0.05, 0) is 6.42 Å². The largest absolute Gasteiger partial charge is 0.474 e. The van der Waals surface area contributed by atoms with Crippen molar-refractivity contribution in [2.75, 3.05) is 0 Å². The van der Waals surface area contributed by atoms with Gasteiger partial charge in [-0.2, -0.15) is 0 Å². The second-order valence-corrected chi connectivity index (χ2v) is 4.13. The molecular weight excluding hydrogens is 206 g/mol. The second-order valence-electron chi connectivity index (χ2n) is 4.13. The zero-order valence-corrected chi connectivity index (χ0v) is 9.90. The number of rotatable bonds is 7. The van der Waals surface area contributed by atoms with Crippen LogP contribution in [-0.2, 0) is 0 Å². The standard InChI is InChI=1S/C12H19NO3/c1-3-4-5-6-7-9(2)10-8-16-11(13-10)12(14)15/h8-9H,3-7H2,1-2H3,(H,14,15). The molecule has 1 aromatic rings. The van der Waals surface area contributed by atoms with Crippen LogP contribution in [0.25, 0.3) is 0 Å². The van der Waals surface area contributed by atoms with Crippen molar-refractivity contribution in [3.8, 4) is 0 Å². The van der Waals surface area contributed by atoms with Crippen LogP contribution in [0.4, 0.5) is 0 Å². The van der Waals surface area contributed by atoms with Gasteiger partial charge >= 0.3 is 11.9 Å². The Kier molecular flexibility index (Phi) is 5.02. The highest BCUT2D eigenvalue weighted by molar-refractivity contribution is 5.82. The van der Waals surface area contributed by atoms with Crippen LogP contribution in [0, 0.1) is 0 Å². The maximum atomic E-state index is 10.6. The van der Waals surface area contributed by atoms with Crippen molar-refractivity contribution in [3.05, 3.63) is 17.8 Å². The highest BCUT2D eigenvalue weighted by atomic mass is 16.4. The number of hydrogen-bond donors (Lipinski definition) is 1. The van der Waals surface area contributed by atoms with Crippen LogP contribution in [0.3, 0.4) is 0 Å². The summed E-state index contributed by atoms with van der Waals surface area (Å²) in [6.45, 7) is 4.23. The van der Waals surface area contributed by atoms with Crippen LogP contribution in [-0.4, -0.2) is 16.1 Å². The lowest BCUT2D eigenvalue weighted by Gasteiger charge is -2.06. The van der Waals surface area contributed by atoms with E-state index < -0.39 is 5.97 Å². The van der Waals surface area contributed by atoms with Crippen molar-refractivity contribution in [3.63, 3.8) is 0 Å². The Morgan fingerprint density at radius 2 is 2.25 bits per heavy atom. The van der Waals surface area contributed by atoms with Crippen LogP contribution in [0.5, 0.6) is 0 Å². The van der Waals surface area contributed by atoms with Gasteiger partial charge in [0, 0.05) is 5.92 Å². The number of oxazole rings is 1. The summed E-state index contributed by atoms with van der Waals surface area (Å²) in [6, 6.07) is 0. The predicted molar refractivity (Wildman–Crippen MR) is 60.6 cm³/mol. The zero-order chi connectivity index (χ0) is 12.0. The highest BCUT2D eigenvalue weighted by Crippen LogP contribution is 2.21. The van der Waals surface area contributed by atoms with E-state index >= 15 is 0 Å². The summed E-state index contributed by atoms with van der Waals surface area (Å²) in [5, 5.41) is 8.67. The van der Waals surface area contributed by atoms with Gasteiger partial charge in [0.05, 0.1) is 5.69 Å². The van der Waals surface area contributed by atoms with Gasteiger partial charge in [0.25, 0.3) is 0 Å². The number of hydrogen-bond acceptors (Lipinski definition) is 3. The number of aromatic carboxylic acids is 1. The first-order valence-electron chi connectivity index (χ1n) is 5.83. The minimum Gasteiger partial charge on any atom is -0.474 e. The fraction of sp³-hybridized carbons (Fsp3) is 0.667. The van der Waals surface area contributed by atoms with E-state index in [1.54, 1.807) is 0 Å². The Labute approximate surface area is 95.7 Å². The van der Waals surface area contributed by atoms with Gasteiger partial charge in [0.15, 0.2) is 0 Å². The van der Waals surface area contributed by atoms with Gasteiger partial charge < -0.3 is 9.52 Å². The molecule has 90 valence electrons. The van der Waals surface area contributed by atoms with E-state index in [9.17, 15) is 4.79 Å². The first kappa shape index (κ1) is 12.7. The van der Waals surface area contributed by atoms with Crippen molar-refractivity contribution < 1.29 is 14.3 Å². The Morgan fingerprint density at radius 3 is 2.81 bits per heavy atom. The maximum Gasteiger partial charge on any atom is 0.392 e. The topological polar surface area (TPSA) is 63.3 Å². The fourth-order valence-corrected chi connectivity index (χ4v) is 1.64. The molecule has 0 radical (unpaired) electrons. The quantitative estimate of drug-likeness (QED) is 0.722. The molecule has 1 atom stereocenters. The third-order valence-electron chi connectivity index (χ3n) is 2.70. The Bertz CT molecular complexity index is 333. The van der Waals surface area contributed by atoms with Gasteiger partial charge in [0.2, 0.25) is 0 Å². The Hall–Kier alpha value is -1.32. The van der Waals surface area contributed by atoms with E-state index in [4.69, 9.17) is 9.52 Å². The van der Waals surface area contributed by atoms with Crippen LogP contribution in [0.1, 0.15) is 68.2 Å². The molecule has 0 saturated heterocycles. The molecule has 0 bridgehead atoms. The fourth-order valence-electron chi connectivity index (χ4n) is 1.64. The highest BCUT2D eigenvalue weighted by Gasteiger charge is 2.15. The SMILES string of the molecule is CCCCCCC(C)c1coc(C(=O)O)n1. The number of carbonyl (C=O) groups is 1. The minimum atomic E-state index is -1.11. The van der Waals surface area contributed by atoms with Crippen LogP contribution in [0.15, 0.2) is 10.7 Å². The molecule has 4 nitrogen and oxygen atoms in total. The van der Waals surface area contributed by atoms with E-state index in [0.717, 1.165) is 18.5 Å². The number of nitrogens with zero attached hydrogens (tertiary/aromatic N) is 1. The normalized spacial score (nSPS) is 12.6. The van der Waals surface area contributed by atoms with Crippen LogP contribution >= 0.6 is 0 Å². The molecule has 1 rings (SSSR count). The molecule has 0 spiro atoms.